The van der Waals surface area contributed by atoms with Gasteiger partial charge in [0.2, 0.25) is 0 Å². The second-order valence-electron chi connectivity index (χ2n) is 2.07. The molecule has 0 saturated carbocycles. The van der Waals surface area contributed by atoms with Gasteiger partial charge in [0.05, 0.1) is 0 Å². The third-order valence-corrected chi connectivity index (χ3v) is 1.48. The topological polar surface area (TPSA) is 38.0 Å². The molecule has 0 atom stereocenters. The average Bonchev–Trinajstić information content (AvgIpc) is 1.90. The number of hydrogen-bond donors (Lipinski definition) is 2. The highest BCUT2D eigenvalue weighted by molar-refractivity contribution is 5.02. The molecule has 0 spiro atoms. The lowest BCUT2D eigenvalue weighted by Gasteiger charge is -2.13. The molecule has 3 N–H and O–H groups in total. The van der Waals surface area contributed by atoms with E-state index >= 15 is 0 Å². The Morgan fingerprint density at radius 1 is 1.38 bits per heavy atom. The van der Waals surface area contributed by atoms with Gasteiger partial charge in [-0.2, -0.15) is 0 Å². The van der Waals surface area contributed by atoms with E-state index in [2.05, 4.69) is 5.32 Å². The van der Waals surface area contributed by atoms with E-state index in [0.717, 1.165) is 25.9 Å². The number of hydrogen-bond acceptors (Lipinski definition) is 2. The van der Waals surface area contributed by atoms with Crippen molar-refractivity contribution in [3.05, 3.63) is 11.8 Å². The molecule has 0 aromatic heterocycles. The third kappa shape index (κ3) is 1.23. The molecule has 0 bridgehead atoms. The monoisotopic (exact) mass is 112 g/mol. The van der Waals surface area contributed by atoms with Crippen molar-refractivity contribution in [1.82, 2.24) is 5.32 Å². The molecular formula is C6H12N2. The molecule has 0 aromatic rings. The number of piperidine rings is 1. The molecule has 1 fully saturated rings. The molecule has 2 heteroatoms. The Morgan fingerprint density at radius 3 is 2.38 bits per heavy atom. The Kier molecular flexibility index (Phi) is 1.92. The molecule has 1 heterocycles. The lowest BCUT2D eigenvalue weighted by molar-refractivity contribution is 0.608. The van der Waals surface area contributed by atoms with Gasteiger partial charge in [-0.3, -0.25) is 0 Å². The van der Waals surface area contributed by atoms with E-state index < -0.39 is 0 Å². The maximum atomic E-state index is 5.31. The van der Waals surface area contributed by atoms with Crippen LogP contribution in [-0.2, 0) is 0 Å². The first kappa shape index (κ1) is 5.63. The number of nitrogens with two attached hydrogens (primary N) is 1. The molecule has 1 saturated heterocycles. The van der Waals surface area contributed by atoms with Gasteiger partial charge in [-0.1, -0.05) is 5.57 Å². The Labute approximate surface area is 49.8 Å². The molecule has 0 radical (unpaired) electrons. The van der Waals surface area contributed by atoms with Gasteiger partial charge < -0.3 is 11.1 Å². The molecule has 2 nitrogen and oxygen atoms in total. The normalized spacial score (nSPS) is 20.8. The summed E-state index contributed by atoms with van der Waals surface area (Å²) in [6.45, 7) is 2.20. The van der Waals surface area contributed by atoms with Crippen molar-refractivity contribution in [2.75, 3.05) is 13.1 Å². The van der Waals surface area contributed by atoms with E-state index in [-0.39, 0.29) is 0 Å². The summed E-state index contributed by atoms with van der Waals surface area (Å²) in [7, 11) is 0. The largest absolute Gasteiger partial charge is 0.405 e. The summed E-state index contributed by atoms with van der Waals surface area (Å²) < 4.78 is 0. The van der Waals surface area contributed by atoms with Crippen molar-refractivity contribution < 1.29 is 0 Å². The van der Waals surface area contributed by atoms with Gasteiger partial charge >= 0.3 is 0 Å². The minimum atomic E-state index is 1.10. The zero-order valence-electron chi connectivity index (χ0n) is 4.98. The fourth-order valence-corrected chi connectivity index (χ4v) is 0.915. The smallest absolute Gasteiger partial charge is 0.00108 e. The van der Waals surface area contributed by atoms with Gasteiger partial charge in [-0.05, 0) is 32.1 Å². The number of rotatable bonds is 0. The van der Waals surface area contributed by atoms with Crippen LogP contribution in [0.15, 0.2) is 11.8 Å². The summed E-state index contributed by atoms with van der Waals surface area (Å²) in [5.41, 5.74) is 6.71. The van der Waals surface area contributed by atoms with Gasteiger partial charge in [0.15, 0.2) is 0 Å². The zero-order chi connectivity index (χ0) is 5.82. The lowest BCUT2D eigenvalue weighted by atomic mass is 10.1. The molecule has 0 aliphatic carbocycles. The van der Waals surface area contributed by atoms with Crippen LogP contribution in [0.25, 0.3) is 0 Å². The predicted octanol–water partition coefficient (Wildman–Crippen LogP) is 0.212. The van der Waals surface area contributed by atoms with Gasteiger partial charge in [0, 0.05) is 0 Å². The summed E-state index contributed by atoms with van der Waals surface area (Å²) in [5.74, 6) is 0. The predicted molar refractivity (Wildman–Crippen MR) is 34.4 cm³/mol. The third-order valence-electron chi connectivity index (χ3n) is 1.48. The maximum absolute atomic E-state index is 5.31. The molecule has 1 aliphatic rings. The summed E-state index contributed by atoms with van der Waals surface area (Å²) >= 11 is 0. The van der Waals surface area contributed by atoms with E-state index in [1.807, 2.05) is 0 Å². The van der Waals surface area contributed by atoms with E-state index in [4.69, 9.17) is 5.73 Å². The van der Waals surface area contributed by atoms with E-state index in [1.165, 1.54) is 5.57 Å². The Bertz CT molecular complexity index is 88.7. The second kappa shape index (κ2) is 2.72. The van der Waals surface area contributed by atoms with Crippen LogP contribution in [0.4, 0.5) is 0 Å². The van der Waals surface area contributed by atoms with Crippen molar-refractivity contribution in [1.29, 1.82) is 0 Å². The van der Waals surface area contributed by atoms with Crippen molar-refractivity contribution in [2.24, 2.45) is 5.73 Å². The van der Waals surface area contributed by atoms with Gasteiger partial charge in [0.25, 0.3) is 0 Å². The summed E-state index contributed by atoms with van der Waals surface area (Å²) in [6, 6.07) is 0. The summed E-state index contributed by atoms with van der Waals surface area (Å²) in [5, 5.41) is 3.25. The minimum absolute atomic E-state index is 1.10. The van der Waals surface area contributed by atoms with Crippen LogP contribution < -0.4 is 11.1 Å². The quantitative estimate of drug-likeness (QED) is 0.470. The van der Waals surface area contributed by atoms with E-state index in [0.29, 0.717) is 0 Å². The van der Waals surface area contributed by atoms with Crippen molar-refractivity contribution in [2.45, 2.75) is 12.8 Å². The Balaban J connectivity index is 2.33. The van der Waals surface area contributed by atoms with Crippen LogP contribution in [0.3, 0.4) is 0 Å². The molecule has 8 heavy (non-hydrogen) atoms. The molecule has 0 aromatic carbocycles. The van der Waals surface area contributed by atoms with Gasteiger partial charge in [-0.15, -0.1) is 0 Å². The van der Waals surface area contributed by atoms with Crippen molar-refractivity contribution in [3.8, 4) is 0 Å². The second-order valence-corrected chi connectivity index (χ2v) is 2.07. The molecular weight excluding hydrogens is 100 g/mol. The fourth-order valence-electron chi connectivity index (χ4n) is 0.915. The van der Waals surface area contributed by atoms with Gasteiger partial charge in [-0.25, -0.2) is 0 Å². The standard InChI is InChI=1S/C6H12N2/c7-5-6-1-3-8-4-2-6/h5,8H,1-4,7H2. The lowest BCUT2D eigenvalue weighted by Crippen LogP contribution is -2.23. The highest BCUT2D eigenvalue weighted by Gasteiger charge is 2.01. The first-order valence-corrected chi connectivity index (χ1v) is 3.04. The highest BCUT2D eigenvalue weighted by Crippen LogP contribution is 2.06. The Morgan fingerprint density at radius 2 is 2.00 bits per heavy atom. The van der Waals surface area contributed by atoms with E-state index in [1.54, 1.807) is 6.20 Å². The zero-order valence-corrected chi connectivity index (χ0v) is 4.98. The van der Waals surface area contributed by atoms with E-state index in [9.17, 15) is 0 Å². The van der Waals surface area contributed by atoms with Crippen molar-refractivity contribution in [3.63, 3.8) is 0 Å². The summed E-state index contributed by atoms with van der Waals surface area (Å²) in [4.78, 5) is 0. The van der Waals surface area contributed by atoms with Crippen LogP contribution in [0.5, 0.6) is 0 Å². The first-order valence-electron chi connectivity index (χ1n) is 3.04. The van der Waals surface area contributed by atoms with Gasteiger partial charge in [0.1, 0.15) is 0 Å². The molecule has 1 rings (SSSR count). The molecule has 0 unspecified atom stereocenters. The van der Waals surface area contributed by atoms with Crippen LogP contribution >= 0.6 is 0 Å². The van der Waals surface area contributed by atoms with Crippen LogP contribution in [0.2, 0.25) is 0 Å². The van der Waals surface area contributed by atoms with Crippen LogP contribution in [0.1, 0.15) is 12.8 Å². The van der Waals surface area contributed by atoms with Crippen molar-refractivity contribution >= 4 is 0 Å². The fraction of sp³-hybridized carbons (Fsp3) is 0.667. The molecule has 0 amide bonds. The molecule has 1 aliphatic heterocycles. The van der Waals surface area contributed by atoms with Crippen LogP contribution in [0, 0.1) is 0 Å². The van der Waals surface area contributed by atoms with Crippen LogP contribution in [-0.4, -0.2) is 13.1 Å². The Hall–Kier alpha value is -0.500. The highest BCUT2D eigenvalue weighted by atomic mass is 14.9. The minimum Gasteiger partial charge on any atom is -0.405 e. The first-order chi connectivity index (χ1) is 3.93. The average molecular weight is 112 g/mol. The summed E-state index contributed by atoms with van der Waals surface area (Å²) in [6.07, 6.45) is 4.01. The maximum Gasteiger partial charge on any atom is -0.00108 e. The number of nitrogens with one attached hydrogen (secondary N) is 1. The molecule has 46 valence electrons. The SMILES string of the molecule is NC=C1CCNCC1.